The lowest BCUT2D eigenvalue weighted by molar-refractivity contribution is -0.118. The van der Waals surface area contributed by atoms with Crippen molar-refractivity contribution in [1.29, 1.82) is 0 Å². The predicted octanol–water partition coefficient (Wildman–Crippen LogP) is 1.25. The average molecular weight is 186 g/mol. The van der Waals surface area contributed by atoms with E-state index in [-0.39, 0.29) is 5.91 Å². The van der Waals surface area contributed by atoms with Crippen LogP contribution in [0.4, 0.5) is 0 Å². The Labute approximate surface area is 77.0 Å². The minimum absolute atomic E-state index is 0.102. The molecule has 1 heterocycles. The second-order valence-corrected chi connectivity index (χ2v) is 4.07. The third kappa shape index (κ3) is 3.76. The second kappa shape index (κ2) is 5.19. The number of nitrogens with zero attached hydrogens (tertiary/aromatic N) is 1. The molecule has 1 unspecified atom stereocenters. The van der Waals surface area contributed by atoms with Crippen LogP contribution in [-0.4, -0.2) is 23.6 Å². The van der Waals surface area contributed by atoms with Crippen LogP contribution >= 0.6 is 11.8 Å². The molecule has 0 radical (unpaired) electrons. The van der Waals surface area contributed by atoms with Crippen LogP contribution in [0.25, 0.3) is 0 Å². The fraction of sp³-hybridized carbons (Fsp3) is 0.750. The van der Waals surface area contributed by atoms with Crippen molar-refractivity contribution in [3.8, 4) is 0 Å². The number of carbonyl (C=O) groups is 1. The Balaban J connectivity index is 2.19. The van der Waals surface area contributed by atoms with Crippen molar-refractivity contribution >= 4 is 23.9 Å². The minimum Gasteiger partial charge on any atom is -0.274 e. The van der Waals surface area contributed by atoms with Crippen LogP contribution in [0.3, 0.4) is 0 Å². The maximum Gasteiger partial charge on any atom is 0.236 e. The first kappa shape index (κ1) is 9.58. The first-order valence-electron chi connectivity index (χ1n) is 4.16. The van der Waals surface area contributed by atoms with E-state index in [0.717, 1.165) is 5.75 Å². The molecule has 3 nitrogen and oxygen atoms in total. The van der Waals surface area contributed by atoms with Gasteiger partial charge >= 0.3 is 0 Å². The van der Waals surface area contributed by atoms with Crippen LogP contribution in [0.5, 0.6) is 0 Å². The number of nitrogens with one attached hydrogen (secondary N) is 1. The Kier molecular flexibility index (Phi) is 4.14. The van der Waals surface area contributed by atoms with Gasteiger partial charge in [0.15, 0.2) is 0 Å². The van der Waals surface area contributed by atoms with Gasteiger partial charge < -0.3 is 0 Å². The van der Waals surface area contributed by atoms with Gasteiger partial charge in [0.1, 0.15) is 0 Å². The van der Waals surface area contributed by atoms with Crippen molar-refractivity contribution in [3.05, 3.63) is 0 Å². The maximum atomic E-state index is 10.5. The van der Waals surface area contributed by atoms with Crippen molar-refractivity contribution < 1.29 is 4.79 Å². The van der Waals surface area contributed by atoms with Gasteiger partial charge in [-0.15, -0.1) is 0 Å². The standard InChI is InChI=1S/C8H14N2OS/c1-7(11)10-9-5-8-3-2-4-12-6-8/h5,8H,2-4,6H2,1H3,(H,10,11)/b9-5+. The van der Waals surface area contributed by atoms with Crippen LogP contribution in [0, 0.1) is 5.92 Å². The topological polar surface area (TPSA) is 41.5 Å². The highest BCUT2D eigenvalue weighted by molar-refractivity contribution is 7.99. The number of rotatable bonds is 2. The molecule has 68 valence electrons. The fourth-order valence-electron chi connectivity index (χ4n) is 1.12. The first-order valence-corrected chi connectivity index (χ1v) is 5.32. The van der Waals surface area contributed by atoms with Crippen LogP contribution < -0.4 is 5.43 Å². The van der Waals surface area contributed by atoms with E-state index in [1.165, 1.54) is 25.5 Å². The van der Waals surface area contributed by atoms with Crippen molar-refractivity contribution in [2.45, 2.75) is 19.8 Å². The summed E-state index contributed by atoms with van der Waals surface area (Å²) in [7, 11) is 0. The Hall–Kier alpha value is -0.510. The Bertz CT molecular complexity index is 176. The van der Waals surface area contributed by atoms with Gasteiger partial charge in [0, 0.05) is 24.8 Å². The summed E-state index contributed by atoms with van der Waals surface area (Å²) < 4.78 is 0. The first-order chi connectivity index (χ1) is 5.79. The molecule has 0 aliphatic carbocycles. The Morgan fingerprint density at radius 2 is 2.58 bits per heavy atom. The van der Waals surface area contributed by atoms with Crippen LogP contribution in [0.15, 0.2) is 5.10 Å². The highest BCUT2D eigenvalue weighted by atomic mass is 32.2. The summed E-state index contributed by atoms with van der Waals surface area (Å²) in [6.07, 6.45) is 4.32. The zero-order chi connectivity index (χ0) is 8.81. The van der Waals surface area contributed by atoms with Crippen molar-refractivity contribution in [1.82, 2.24) is 5.43 Å². The molecule has 1 fully saturated rings. The Morgan fingerprint density at radius 3 is 3.17 bits per heavy atom. The van der Waals surface area contributed by atoms with E-state index in [0.29, 0.717) is 5.92 Å². The quantitative estimate of drug-likeness (QED) is 0.521. The van der Waals surface area contributed by atoms with Gasteiger partial charge in [-0.05, 0) is 18.6 Å². The molecule has 0 aromatic heterocycles. The molecule has 0 aromatic rings. The molecule has 0 spiro atoms. The molecule has 1 aliphatic heterocycles. The number of hydrogen-bond acceptors (Lipinski definition) is 3. The lowest BCUT2D eigenvalue weighted by Crippen LogP contribution is -2.17. The van der Waals surface area contributed by atoms with E-state index in [1.807, 2.05) is 18.0 Å². The fourth-order valence-corrected chi connectivity index (χ4v) is 2.21. The van der Waals surface area contributed by atoms with Crippen molar-refractivity contribution in [3.63, 3.8) is 0 Å². The Morgan fingerprint density at radius 1 is 1.75 bits per heavy atom. The molecule has 4 heteroatoms. The van der Waals surface area contributed by atoms with Gasteiger partial charge in [0.2, 0.25) is 5.91 Å². The smallest absolute Gasteiger partial charge is 0.236 e. The molecule has 1 amide bonds. The van der Waals surface area contributed by atoms with Crippen LogP contribution in [0.2, 0.25) is 0 Å². The highest BCUT2D eigenvalue weighted by Crippen LogP contribution is 2.20. The molecule has 1 N–H and O–H groups in total. The van der Waals surface area contributed by atoms with Gasteiger partial charge in [-0.25, -0.2) is 5.43 Å². The van der Waals surface area contributed by atoms with Gasteiger partial charge in [-0.3, -0.25) is 4.79 Å². The van der Waals surface area contributed by atoms with Crippen molar-refractivity contribution in [2.75, 3.05) is 11.5 Å². The van der Waals surface area contributed by atoms with E-state index in [2.05, 4.69) is 10.5 Å². The number of hydrazone groups is 1. The second-order valence-electron chi connectivity index (χ2n) is 2.92. The molecular formula is C8H14N2OS. The summed E-state index contributed by atoms with van der Waals surface area (Å²) in [5.41, 5.74) is 2.41. The number of hydrogen-bond donors (Lipinski definition) is 1. The van der Waals surface area contributed by atoms with Gasteiger partial charge in [0.25, 0.3) is 0 Å². The van der Waals surface area contributed by atoms with E-state index in [1.54, 1.807) is 0 Å². The lowest BCUT2D eigenvalue weighted by Gasteiger charge is -2.16. The van der Waals surface area contributed by atoms with E-state index in [4.69, 9.17) is 0 Å². The summed E-state index contributed by atoms with van der Waals surface area (Å²) in [5.74, 6) is 2.86. The number of thioether (sulfide) groups is 1. The summed E-state index contributed by atoms with van der Waals surface area (Å²) in [4.78, 5) is 10.5. The van der Waals surface area contributed by atoms with E-state index in [9.17, 15) is 4.79 Å². The van der Waals surface area contributed by atoms with Crippen molar-refractivity contribution in [2.24, 2.45) is 11.0 Å². The van der Waals surface area contributed by atoms with E-state index >= 15 is 0 Å². The van der Waals surface area contributed by atoms with Gasteiger partial charge in [-0.1, -0.05) is 0 Å². The molecule has 1 aliphatic rings. The molecule has 0 aromatic carbocycles. The SMILES string of the molecule is CC(=O)N/N=C/C1CCCSC1. The number of carbonyl (C=O) groups excluding carboxylic acids is 1. The van der Waals surface area contributed by atoms with E-state index < -0.39 is 0 Å². The normalized spacial score (nSPS) is 24.2. The molecule has 0 bridgehead atoms. The summed E-state index contributed by atoms with van der Waals surface area (Å²) in [6, 6.07) is 0. The number of amides is 1. The summed E-state index contributed by atoms with van der Waals surface area (Å²) in [5, 5.41) is 3.86. The van der Waals surface area contributed by atoms with Crippen LogP contribution in [0.1, 0.15) is 19.8 Å². The maximum absolute atomic E-state index is 10.5. The zero-order valence-corrected chi connectivity index (χ0v) is 8.06. The molecule has 1 atom stereocenters. The molecule has 1 rings (SSSR count). The van der Waals surface area contributed by atoms with Gasteiger partial charge in [0.05, 0.1) is 0 Å². The monoisotopic (exact) mass is 186 g/mol. The lowest BCUT2D eigenvalue weighted by atomic mass is 10.1. The average Bonchev–Trinajstić information content (AvgIpc) is 2.05. The third-order valence-electron chi connectivity index (χ3n) is 1.70. The summed E-state index contributed by atoms with van der Waals surface area (Å²) in [6.45, 7) is 1.47. The molecule has 1 saturated heterocycles. The zero-order valence-electron chi connectivity index (χ0n) is 7.25. The molecule has 12 heavy (non-hydrogen) atoms. The van der Waals surface area contributed by atoms with Gasteiger partial charge in [-0.2, -0.15) is 16.9 Å². The molecule has 0 saturated carbocycles. The van der Waals surface area contributed by atoms with Crippen LogP contribution in [-0.2, 0) is 4.79 Å². The largest absolute Gasteiger partial charge is 0.274 e. The predicted molar refractivity (Wildman–Crippen MR) is 52.4 cm³/mol. The summed E-state index contributed by atoms with van der Waals surface area (Å²) >= 11 is 1.96. The molecular weight excluding hydrogens is 172 g/mol. The minimum atomic E-state index is -0.102. The highest BCUT2D eigenvalue weighted by Gasteiger charge is 2.10. The third-order valence-corrected chi connectivity index (χ3v) is 2.94.